The van der Waals surface area contributed by atoms with Gasteiger partial charge in [0.1, 0.15) is 0 Å². The fourth-order valence-corrected chi connectivity index (χ4v) is 0.903. The fourth-order valence-electron chi connectivity index (χ4n) is 0.903. The smallest absolute Gasteiger partial charge is 0.347 e. The lowest BCUT2D eigenvalue weighted by atomic mass is 10.3. The first-order chi connectivity index (χ1) is 7.17. The summed E-state index contributed by atoms with van der Waals surface area (Å²) < 4.78 is 14.2. The van der Waals surface area contributed by atoms with Crippen molar-refractivity contribution in [1.82, 2.24) is 0 Å². The van der Waals surface area contributed by atoms with Crippen molar-refractivity contribution in [1.29, 1.82) is 0 Å². The molecule has 5 heteroatoms. The molecular weight excluding hydrogens is 200 g/mol. The molecule has 88 valence electrons. The maximum atomic E-state index is 11.3. The van der Waals surface area contributed by atoms with E-state index in [0.717, 1.165) is 12.8 Å². The van der Waals surface area contributed by atoms with Crippen LogP contribution in [0.3, 0.4) is 0 Å². The molecule has 0 aliphatic heterocycles. The van der Waals surface area contributed by atoms with Crippen LogP contribution in [-0.4, -0.2) is 38.4 Å². The second-order valence-corrected chi connectivity index (χ2v) is 2.88. The lowest BCUT2D eigenvalue weighted by Crippen LogP contribution is -2.35. The third-order valence-electron chi connectivity index (χ3n) is 1.70. The summed E-state index contributed by atoms with van der Waals surface area (Å²) in [4.78, 5) is 22.5. The largest absolute Gasteiger partial charge is 0.467 e. The van der Waals surface area contributed by atoms with Crippen LogP contribution in [0.15, 0.2) is 0 Å². The molecule has 0 aliphatic rings. The van der Waals surface area contributed by atoms with Crippen LogP contribution < -0.4 is 0 Å². The van der Waals surface area contributed by atoms with Crippen molar-refractivity contribution >= 4 is 11.9 Å². The van der Waals surface area contributed by atoms with Gasteiger partial charge in [-0.2, -0.15) is 0 Å². The summed E-state index contributed by atoms with van der Waals surface area (Å²) in [6.07, 6.45) is 0.463. The summed E-state index contributed by atoms with van der Waals surface area (Å²) in [7, 11) is 1.21. The van der Waals surface area contributed by atoms with Gasteiger partial charge in [0.15, 0.2) is 0 Å². The van der Waals surface area contributed by atoms with Gasteiger partial charge < -0.3 is 14.2 Å². The number of hydrogen-bond donors (Lipinski definition) is 0. The molecule has 0 aliphatic carbocycles. The number of esters is 2. The minimum absolute atomic E-state index is 0.212. The molecule has 0 saturated heterocycles. The summed E-state index contributed by atoms with van der Waals surface area (Å²) in [6, 6.07) is 0. The minimum atomic E-state index is -1.25. The van der Waals surface area contributed by atoms with Gasteiger partial charge >= 0.3 is 11.9 Å². The molecule has 0 aromatic heterocycles. The Labute approximate surface area is 89.7 Å². The van der Waals surface area contributed by atoms with Crippen LogP contribution in [0.1, 0.15) is 26.7 Å². The van der Waals surface area contributed by atoms with Crippen LogP contribution in [0, 0.1) is 0 Å². The zero-order valence-corrected chi connectivity index (χ0v) is 9.45. The van der Waals surface area contributed by atoms with E-state index in [0.29, 0.717) is 6.61 Å². The zero-order valence-electron chi connectivity index (χ0n) is 9.45. The summed E-state index contributed by atoms with van der Waals surface area (Å²) in [5.41, 5.74) is 0. The Morgan fingerprint density at radius 3 is 2.33 bits per heavy atom. The van der Waals surface area contributed by atoms with E-state index in [-0.39, 0.29) is 6.61 Å². The van der Waals surface area contributed by atoms with E-state index in [4.69, 9.17) is 9.47 Å². The van der Waals surface area contributed by atoms with Gasteiger partial charge in [-0.05, 0) is 13.3 Å². The molecule has 0 saturated carbocycles. The predicted octanol–water partition coefficient (Wildman–Crippen LogP) is 0.908. The zero-order chi connectivity index (χ0) is 11.7. The third-order valence-corrected chi connectivity index (χ3v) is 1.70. The SMILES string of the molecule is CCCCOC(C(=O)OC)C(=O)OCC. The summed E-state index contributed by atoms with van der Waals surface area (Å²) in [5, 5.41) is 0. The second-order valence-electron chi connectivity index (χ2n) is 2.88. The molecule has 1 unspecified atom stereocenters. The van der Waals surface area contributed by atoms with Crippen molar-refractivity contribution < 1.29 is 23.8 Å². The Kier molecular flexibility index (Phi) is 7.62. The first kappa shape index (κ1) is 13.9. The van der Waals surface area contributed by atoms with Gasteiger partial charge in [-0.15, -0.1) is 0 Å². The average molecular weight is 218 g/mol. The van der Waals surface area contributed by atoms with E-state index < -0.39 is 18.0 Å². The number of ether oxygens (including phenoxy) is 3. The summed E-state index contributed by atoms with van der Waals surface area (Å²) in [6.45, 7) is 4.21. The fraction of sp³-hybridized carbons (Fsp3) is 0.800. The van der Waals surface area contributed by atoms with Crippen LogP contribution in [0.5, 0.6) is 0 Å². The van der Waals surface area contributed by atoms with Gasteiger partial charge in [-0.1, -0.05) is 13.3 Å². The Morgan fingerprint density at radius 1 is 1.20 bits per heavy atom. The number of hydrogen-bond acceptors (Lipinski definition) is 5. The molecular formula is C10H18O5. The van der Waals surface area contributed by atoms with Gasteiger partial charge in [0.2, 0.25) is 0 Å². The molecule has 0 aromatic carbocycles. The second kappa shape index (κ2) is 8.23. The third kappa shape index (κ3) is 5.37. The van der Waals surface area contributed by atoms with Crippen molar-refractivity contribution in [3.63, 3.8) is 0 Å². The minimum Gasteiger partial charge on any atom is -0.467 e. The van der Waals surface area contributed by atoms with Crippen molar-refractivity contribution in [3.05, 3.63) is 0 Å². The lowest BCUT2D eigenvalue weighted by Gasteiger charge is -2.13. The number of carbonyl (C=O) groups is 2. The van der Waals surface area contributed by atoms with E-state index in [9.17, 15) is 9.59 Å². The number of carbonyl (C=O) groups excluding carboxylic acids is 2. The summed E-state index contributed by atoms with van der Waals surface area (Å²) >= 11 is 0. The summed E-state index contributed by atoms with van der Waals surface area (Å²) in [5.74, 6) is -1.41. The van der Waals surface area contributed by atoms with Gasteiger partial charge in [0.25, 0.3) is 6.10 Å². The average Bonchev–Trinajstić information content (AvgIpc) is 2.23. The highest BCUT2D eigenvalue weighted by Gasteiger charge is 2.29. The van der Waals surface area contributed by atoms with Gasteiger partial charge in [0.05, 0.1) is 13.7 Å². The Hall–Kier alpha value is -1.10. The normalized spacial score (nSPS) is 11.9. The molecule has 5 nitrogen and oxygen atoms in total. The van der Waals surface area contributed by atoms with E-state index in [1.165, 1.54) is 7.11 Å². The van der Waals surface area contributed by atoms with Crippen molar-refractivity contribution in [2.45, 2.75) is 32.8 Å². The van der Waals surface area contributed by atoms with Crippen LogP contribution in [0.25, 0.3) is 0 Å². The number of methoxy groups -OCH3 is 1. The molecule has 1 atom stereocenters. The highest BCUT2D eigenvalue weighted by Crippen LogP contribution is 2.01. The maximum absolute atomic E-state index is 11.3. The topological polar surface area (TPSA) is 61.8 Å². The number of unbranched alkanes of at least 4 members (excludes halogenated alkanes) is 1. The molecule has 15 heavy (non-hydrogen) atoms. The van der Waals surface area contributed by atoms with Gasteiger partial charge in [-0.25, -0.2) is 9.59 Å². The van der Waals surface area contributed by atoms with Crippen LogP contribution in [0.4, 0.5) is 0 Å². The van der Waals surface area contributed by atoms with E-state index in [1.807, 2.05) is 6.92 Å². The molecule has 0 amide bonds. The standard InChI is InChI=1S/C10H18O5/c1-4-6-7-15-8(9(11)13-3)10(12)14-5-2/h8H,4-7H2,1-3H3. The lowest BCUT2D eigenvalue weighted by molar-refractivity contribution is -0.171. The van der Waals surface area contributed by atoms with Crippen molar-refractivity contribution in [3.8, 4) is 0 Å². The Morgan fingerprint density at radius 2 is 1.87 bits per heavy atom. The molecule has 0 bridgehead atoms. The highest BCUT2D eigenvalue weighted by atomic mass is 16.6. The first-order valence-corrected chi connectivity index (χ1v) is 5.03. The molecule has 0 N–H and O–H groups in total. The van der Waals surface area contributed by atoms with Crippen molar-refractivity contribution in [2.24, 2.45) is 0 Å². The monoisotopic (exact) mass is 218 g/mol. The van der Waals surface area contributed by atoms with E-state index in [2.05, 4.69) is 4.74 Å². The van der Waals surface area contributed by atoms with Gasteiger partial charge in [0, 0.05) is 6.61 Å². The van der Waals surface area contributed by atoms with Crippen molar-refractivity contribution in [2.75, 3.05) is 20.3 Å². The Balaban J connectivity index is 4.17. The Bertz CT molecular complexity index is 202. The maximum Gasteiger partial charge on any atom is 0.347 e. The van der Waals surface area contributed by atoms with Crippen LogP contribution in [-0.2, 0) is 23.8 Å². The molecule has 0 radical (unpaired) electrons. The molecule has 0 spiro atoms. The quantitative estimate of drug-likeness (QED) is 0.361. The van der Waals surface area contributed by atoms with Crippen LogP contribution in [0.2, 0.25) is 0 Å². The number of rotatable bonds is 7. The van der Waals surface area contributed by atoms with Gasteiger partial charge in [-0.3, -0.25) is 0 Å². The van der Waals surface area contributed by atoms with Crippen LogP contribution >= 0.6 is 0 Å². The molecule has 0 heterocycles. The van der Waals surface area contributed by atoms with E-state index >= 15 is 0 Å². The molecule has 0 rings (SSSR count). The highest BCUT2D eigenvalue weighted by molar-refractivity contribution is 5.97. The first-order valence-electron chi connectivity index (χ1n) is 5.03. The van der Waals surface area contributed by atoms with E-state index in [1.54, 1.807) is 6.92 Å². The molecule has 0 aromatic rings. The predicted molar refractivity (Wildman–Crippen MR) is 53.3 cm³/mol. The molecule has 0 fully saturated rings.